The Labute approximate surface area is 79.5 Å². The molecular formula is C7H17O3PS. The van der Waals surface area contributed by atoms with Gasteiger partial charge in [-0.2, -0.15) is 0 Å². The van der Waals surface area contributed by atoms with E-state index in [4.69, 9.17) is 14.3 Å². The van der Waals surface area contributed by atoms with Crippen LogP contribution in [0.4, 0.5) is 0 Å². The van der Waals surface area contributed by atoms with Crippen molar-refractivity contribution < 1.29 is 14.3 Å². The second kappa shape index (κ2) is 7.10. The van der Waals surface area contributed by atoms with Crippen molar-refractivity contribution in [2.75, 3.05) is 0 Å². The summed E-state index contributed by atoms with van der Waals surface area (Å²) in [5.74, 6) is 0. The molecular weight excluding hydrogens is 195 g/mol. The zero-order valence-corrected chi connectivity index (χ0v) is 9.44. The zero-order valence-electron chi connectivity index (χ0n) is 7.73. The molecule has 0 rings (SSSR count). The van der Waals surface area contributed by atoms with Crippen LogP contribution in [0.3, 0.4) is 0 Å². The Morgan fingerprint density at radius 3 is 2.33 bits per heavy atom. The Kier molecular flexibility index (Phi) is 7.49. The summed E-state index contributed by atoms with van der Waals surface area (Å²) in [5, 5.41) is 0.455. The van der Waals surface area contributed by atoms with E-state index in [0.29, 0.717) is 5.25 Å². The van der Waals surface area contributed by atoms with Crippen LogP contribution in [-0.2, 0) is 4.52 Å². The Hall–Kier alpha value is 0.660. The fourth-order valence-electron chi connectivity index (χ4n) is 0.790. The van der Waals surface area contributed by atoms with E-state index >= 15 is 0 Å². The fraction of sp³-hybridized carbons (Fsp3) is 1.00. The van der Waals surface area contributed by atoms with Crippen molar-refractivity contribution in [2.24, 2.45) is 0 Å². The molecule has 0 aromatic carbocycles. The Bertz CT molecular complexity index is 101. The molecule has 74 valence electrons. The van der Waals surface area contributed by atoms with E-state index in [2.05, 4.69) is 13.8 Å². The summed E-state index contributed by atoms with van der Waals surface area (Å²) in [6, 6.07) is 0. The van der Waals surface area contributed by atoms with Crippen LogP contribution in [-0.4, -0.2) is 20.5 Å². The minimum Gasteiger partial charge on any atom is -0.328 e. The van der Waals surface area contributed by atoms with Gasteiger partial charge in [-0.05, 0) is 6.42 Å². The topological polar surface area (TPSA) is 49.7 Å². The molecule has 0 fully saturated rings. The van der Waals surface area contributed by atoms with Crippen LogP contribution in [0.5, 0.6) is 0 Å². The maximum atomic E-state index is 8.65. The largest absolute Gasteiger partial charge is 0.328 e. The van der Waals surface area contributed by atoms with Gasteiger partial charge in [-0.1, -0.05) is 27.2 Å². The normalized spacial score (nSPS) is 14.2. The maximum Gasteiger partial charge on any atom is 0.328 e. The lowest BCUT2D eigenvalue weighted by atomic mass is 10.4. The molecule has 0 saturated heterocycles. The highest BCUT2D eigenvalue weighted by atomic mass is 32.2. The standard InChI is InChI=1S/C7H17O3PS/c1-4-5-7(10-11(8)9)12-6(2)3/h6-9H,4-5H2,1-3H3. The smallest absolute Gasteiger partial charge is 0.328 e. The molecule has 0 aliphatic heterocycles. The summed E-state index contributed by atoms with van der Waals surface area (Å²) in [6.45, 7) is 6.18. The van der Waals surface area contributed by atoms with Gasteiger partial charge in [0.15, 0.2) is 0 Å². The first-order valence-corrected chi connectivity index (χ1v) is 6.17. The van der Waals surface area contributed by atoms with Crippen molar-refractivity contribution in [2.45, 2.75) is 44.3 Å². The lowest BCUT2D eigenvalue weighted by Crippen LogP contribution is -2.08. The molecule has 5 heteroatoms. The summed E-state index contributed by atoms with van der Waals surface area (Å²) in [7, 11) is -2.20. The first-order valence-electron chi connectivity index (χ1n) is 4.06. The van der Waals surface area contributed by atoms with E-state index in [1.54, 1.807) is 11.8 Å². The molecule has 12 heavy (non-hydrogen) atoms. The van der Waals surface area contributed by atoms with Crippen LogP contribution < -0.4 is 0 Å². The van der Waals surface area contributed by atoms with Crippen molar-refractivity contribution >= 4 is 20.4 Å². The van der Waals surface area contributed by atoms with E-state index in [-0.39, 0.29) is 5.44 Å². The molecule has 1 unspecified atom stereocenters. The quantitative estimate of drug-likeness (QED) is 0.524. The minimum absolute atomic E-state index is 0.0730. The van der Waals surface area contributed by atoms with Crippen LogP contribution in [0.2, 0.25) is 0 Å². The van der Waals surface area contributed by atoms with Gasteiger partial charge < -0.3 is 9.79 Å². The van der Waals surface area contributed by atoms with Crippen LogP contribution in [0.25, 0.3) is 0 Å². The highest BCUT2D eigenvalue weighted by Crippen LogP contribution is 2.34. The van der Waals surface area contributed by atoms with Gasteiger partial charge >= 0.3 is 8.60 Å². The summed E-state index contributed by atoms with van der Waals surface area (Å²) in [5.41, 5.74) is -0.0730. The van der Waals surface area contributed by atoms with Crippen LogP contribution in [0, 0.1) is 0 Å². The monoisotopic (exact) mass is 212 g/mol. The Balaban J connectivity index is 3.69. The summed E-state index contributed by atoms with van der Waals surface area (Å²) >= 11 is 1.63. The highest BCUT2D eigenvalue weighted by molar-refractivity contribution is 8.00. The molecule has 0 bridgehead atoms. The van der Waals surface area contributed by atoms with E-state index in [1.807, 2.05) is 6.92 Å². The first kappa shape index (κ1) is 12.7. The van der Waals surface area contributed by atoms with Crippen molar-refractivity contribution in [1.82, 2.24) is 0 Å². The van der Waals surface area contributed by atoms with E-state index in [0.717, 1.165) is 12.8 Å². The van der Waals surface area contributed by atoms with Gasteiger partial charge in [0.1, 0.15) is 5.44 Å². The lowest BCUT2D eigenvalue weighted by Gasteiger charge is -2.18. The predicted molar refractivity (Wildman–Crippen MR) is 53.9 cm³/mol. The van der Waals surface area contributed by atoms with E-state index in [1.165, 1.54) is 0 Å². The number of hydrogen-bond donors (Lipinski definition) is 2. The molecule has 0 saturated carbocycles. The van der Waals surface area contributed by atoms with Crippen LogP contribution in [0.15, 0.2) is 0 Å². The summed E-state index contributed by atoms with van der Waals surface area (Å²) < 4.78 is 4.94. The number of thioether (sulfide) groups is 1. The molecule has 0 aromatic rings. The van der Waals surface area contributed by atoms with Crippen molar-refractivity contribution in [3.63, 3.8) is 0 Å². The fourth-order valence-corrected chi connectivity index (χ4v) is 2.51. The van der Waals surface area contributed by atoms with Crippen molar-refractivity contribution in [1.29, 1.82) is 0 Å². The highest BCUT2D eigenvalue weighted by Gasteiger charge is 2.14. The lowest BCUT2D eigenvalue weighted by molar-refractivity contribution is 0.227. The summed E-state index contributed by atoms with van der Waals surface area (Å²) in [4.78, 5) is 17.3. The molecule has 1 atom stereocenters. The van der Waals surface area contributed by atoms with Gasteiger partial charge in [0.05, 0.1) is 0 Å². The van der Waals surface area contributed by atoms with Gasteiger partial charge in [-0.25, -0.2) is 0 Å². The second-order valence-electron chi connectivity index (χ2n) is 2.76. The SMILES string of the molecule is CCCC(OP(O)O)SC(C)C. The van der Waals surface area contributed by atoms with Gasteiger partial charge in [0, 0.05) is 5.25 Å². The van der Waals surface area contributed by atoms with Gasteiger partial charge in [0.2, 0.25) is 0 Å². The number of hydrogen-bond acceptors (Lipinski definition) is 4. The maximum absolute atomic E-state index is 8.65. The Morgan fingerprint density at radius 1 is 1.42 bits per heavy atom. The third-order valence-electron chi connectivity index (χ3n) is 1.16. The van der Waals surface area contributed by atoms with E-state index < -0.39 is 8.60 Å². The Morgan fingerprint density at radius 2 is 2.00 bits per heavy atom. The molecule has 0 amide bonds. The van der Waals surface area contributed by atoms with Crippen molar-refractivity contribution in [3.05, 3.63) is 0 Å². The van der Waals surface area contributed by atoms with Gasteiger partial charge in [-0.3, -0.25) is 4.52 Å². The molecule has 0 aliphatic carbocycles. The van der Waals surface area contributed by atoms with Gasteiger partial charge in [0.25, 0.3) is 0 Å². The number of rotatable bonds is 6. The average molecular weight is 212 g/mol. The summed E-state index contributed by atoms with van der Waals surface area (Å²) in [6.07, 6.45) is 1.86. The molecule has 3 nitrogen and oxygen atoms in total. The minimum atomic E-state index is -2.20. The van der Waals surface area contributed by atoms with Crippen molar-refractivity contribution in [3.8, 4) is 0 Å². The van der Waals surface area contributed by atoms with Crippen LogP contribution in [0.1, 0.15) is 33.6 Å². The molecule has 2 N–H and O–H groups in total. The molecule has 0 radical (unpaired) electrons. The zero-order chi connectivity index (χ0) is 9.56. The predicted octanol–water partition coefficient (Wildman–Crippen LogP) is 2.48. The molecule has 0 aliphatic rings. The third-order valence-corrected chi connectivity index (χ3v) is 2.93. The average Bonchev–Trinajstić information content (AvgIpc) is 1.84. The first-order chi connectivity index (χ1) is 5.56. The molecule has 0 heterocycles. The third kappa shape index (κ3) is 7.32. The van der Waals surface area contributed by atoms with Gasteiger partial charge in [-0.15, -0.1) is 11.8 Å². The second-order valence-corrected chi connectivity index (χ2v) is 5.22. The van der Waals surface area contributed by atoms with Crippen LogP contribution >= 0.6 is 20.4 Å². The molecule has 0 aromatic heterocycles. The van der Waals surface area contributed by atoms with E-state index in [9.17, 15) is 0 Å². The molecule has 0 spiro atoms.